The fourth-order valence-corrected chi connectivity index (χ4v) is 5.16. The highest BCUT2D eigenvalue weighted by molar-refractivity contribution is 6.42. The second-order valence-electron chi connectivity index (χ2n) is 8.23. The Kier molecular flexibility index (Phi) is 6.19. The number of amides is 1. The Hall–Kier alpha value is -0.850. The molecular weight excluding hydrogens is 399 g/mol. The maximum Gasteiger partial charge on any atom is 0.224 e. The van der Waals surface area contributed by atoms with Crippen LogP contribution in [0.15, 0.2) is 18.2 Å². The highest BCUT2D eigenvalue weighted by Gasteiger charge is 2.49. The van der Waals surface area contributed by atoms with E-state index in [4.69, 9.17) is 32.7 Å². The van der Waals surface area contributed by atoms with Crippen molar-refractivity contribution in [3.05, 3.63) is 33.8 Å². The number of carbonyl (C=O) groups is 1. The Labute approximate surface area is 176 Å². The molecule has 0 aromatic heterocycles. The largest absolute Gasteiger partial charge is 0.354 e. The van der Waals surface area contributed by atoms with Crippen molar-refractivity contribution in [1.29, 1.82) is 0 Å². The molecule has 0 unspecified atom stereocenters. The summed E-state index contributed by atoms with van der Waals surface area (Å²) in [5, 5.41) is 4.18. The average Bonchev–Trinajstić information content (AvgIpc) is 3.38. The predicted octanol–water partition coefficient (Wildman–Crippen LogP) is 3.80. The van der Waals surface area contributed by atoms with E-state index in [1.807, 2.05) is 6.07 Å². The molecule has 0 bridgehead atoms. The van der Waals surface area contributed by atoms with Gasteiger partial charge in [-0.05, 0) is 56.5 Å². The Morgan fingerprint density at radius 2 is 1.71 bits per heavy atom. The number of halogens is 2. The molecule has 7 heteroatoms. The van der Waals surface area contributed by atoms with E-state index >= 15 is 0 Å². The summed E-state index contributed by atoms with van der Waals surface area (Å²) in [4.78, 5) is 15.2. The Bertz CT molecular complexity index is 706. The SMILES string of the molecule is O=C(Cc1ccc(Cl)c(Cl)c1)NCC1(N2CCCC2)CCC2(CC1)OCCO2. The van der Waals surface area contributed by atoms with E-state index < -0.39 is 0 Å². The minimum atomic E-state index is -0.382. The summed E-state index contributed by atoms with van der Waals surface area (Å²) in [6, 6.07) is 5.35. The van der Waals surface area contributed by atoms with Crippen LogP contribution in [0.1, 0.15) is 44.1 Å². The Morgan fingerprint density at radius 1 is 1.04 bits per heavy atom. The minimum Gasteiger partial charge on any atom is -0.354 e. The molecule has 4 rings (SSSR count). The second kappa shape index (κ2) is 8.49. The maximum atomic E-state index is 12.6. The molecule has 154 valence electrons. The van der Waals surface area contributed by atoms with Gasteiger partial charge in [-0.15, -0.1) is 0 Å². The Morgan fingerprint density at radius 3 is 2.36 bits per heavy atom. The van der Waals surface area contributed by atoms with Gasteiger partial charge in [0.2, 0.25) is 5.91 Å². The van der Waals surface area contributed by atoms with Crippen molar-refractivity contribution in [2.24, 2.45) is 0 Å². The normalized spacial score (nSPS) is 23.9. The highest BCUT2D eigenvalue weighted by atomic mass is 35.5. The number of nitrogens with one attached hydrogen (secondary N) is 1. The monoisotopic (exact) mass is 426 g/mol. The second-order valence-corrected chi connectivity index (χ2v) is 9.04. The van der Waals surface area contributed by atoms with Gasteiger partial charge in [0.25, 0.3) is 0 Å². The van der Waals surface area contributed by atoms with Crippen LogP contribution in [0.3, 0.4) is 0 Å². The van der Waals surface area contributed by atoms with Crippen LogP contribution in [0, 0.1) is 0 Å². The molecule has 0 radical (unpaired) electrons. The molecule has 2 aliphatic heterocycles. The molecule has 1 N–H and O–H groups in total. The lowest BCUT2D eigenvalue weighted by Gasteiger charge is -2.48. The quantitative estimate of drug-likeness (QED) is 0.777. The highest BCUT2D eigenvalue weighted by Crippen LogP contribution is 2.43. The number of hydrogen-bond donors (Lipinski definition) is 1. The fourth-order valence-electron chi connectivity index (χ4n) is 4.84. The average molecular weight is 427 g/mol. The number of benzene rings is 1. The number of rotatable bonds is 5. The van der Waals surface area contributed by atoms with Crippen molar-refractivity contribution in [2.75, 3.05) is 32.8 Å². The lowest BCUT2D eigenvalue weighted by atomic mass is 9.77. The predicted molar refractivity (Wildman–Crippen MR) is 110 cm³/mol. The van der Waals surface area contributed by atoms with Crippen LogP contribution in [0.5, 0.6) is 0 Å². The zero-order chi connectivity index (χ0) is 19.6. The van der Waals surface area contributed by atoms with Crippen molar-refractivity contribution in [3.63, 3.8) is 0 Å². The third-order valence-corrected chi connectivity index (χ3v) is 7.24. The third-order valence-electron chi connectivity index (χ3n) is 6.50. The van der Waals surface area contributed by atoms with Crippen LogP contribution in [0.2, 0.25) is 10.0 Å². The van der Waals surface area contributed by atoms with E-state index in [-0.39, 0.29) is 17.2 Å². The van der Waals surface area contributed by atoms with Gasteiger partial charge < -0.3 is 14.8 Å². The summed E-state index contributed by atoms with van der Waals surface area (Å²) >= 11 is 12.0. The van der Waals surface area contributed by atoms with Gasteiger partial charge in [-0.2, -0.15) is 0 Å². The topological polar surface area (TPSA) is 50.8 Å². The lowest BCUT2D eigenvalue weighted by Crippen LogP contribution is -2.59. The molecular formula is C21H28Cl2N2O3. The number of nitrogens with zero attached hydrogens (tertiary/aromatic N) is 1. The van der Waals surface area contributed by atoms with Gasteiger partial charge in [0.1, 0.15) is 0 Å². The molecule has 2 saturated heterocycles. The number of hydrogen-bond acceptors (Lipinski definition) is 4. The van der Waals surface area contributed by atoms with Gasteiger partial charge in [0.05, 0.1) is 29.7 Å². The first-order valence-corrected chi connectivity index (χ1v) is 11.0. The first kappa shape index (κ1) is 20.4. The summed E-state index contributed by atoms with van der Waals surface area (Å²) in [6.45, 7) is 4.27. The first-order chi connectivity index (χ1) is 13.5. The third kappa shape index (κ3) is 4.34. The van der Waals surface area contributed by atoms with E-state index in [9.17, 15) is 4.79 Å². The van der Waals surface area contributed by atoms with Crippen LogP contribution in [0.4, 0.5) is 0 Å². The van der Waals surface area contributed by atoms with Crippen molar-refractivity contribution in [3.8, 4) is 0 Å². The molecule has 28 heavy (non-hydrogen) atoms. The molecule has 1 aromatic carbocycles. The molecule has 1 aliphatic carbocycles. The summed E-state index contributed by atoms with van der Waals surface area (Å²) < 4.78 is 11.8. The standard InChI is InChI=1S/C21H28Cl2N2O3/c22-17-4-3-16(13-18(17)23)14-19(26)24-15-20(25-9-1-2-10-25)5-7-21(8-6-20)27-11-12-28-21/h3-4,13H,1-2,5-12,14-15H2,(H,24,26). The molecule has 5 nitrogen and oxygen atoms in total. The van der Waals surface area contributed by atoms with Gasteiger partial charge in [0, 0.05) is 24.9 Å². The maximum absolute atomic E-state index is 12.6. The molecule has 1 amide bonds. The van der Waals surface area contributed by atoms with Gasteiger partial charge in [-0.1, -0.05) is 29.3 Å². The number of carbonyl (C=O) groups excluding carboxylic acids is 1. The summed E-state index contributed by atoms with van der Waals surface area (Å²) in [5.41, 5.74) is 0.877. The molecule has 2 heterocycles. The summed E-state index contributed by atoms with van der Waals surface area (Å²) in [7, 11) is 0. The van der Waals surface area contributed by atoms with Crippen LogP contribution in [0.25, 0.3) is 0 Å². The van der Waals surface area contributed by atoms with Crippen molar-refractivity contribution in [1.82, 2.24) is 10.2 Å². The zero-order valence-corrected chi connectivity index (χ0v) is 17.7. The van der Waals surface area contributed by atoms with E-state index in [0.717, 1.165) is 44.3 Å². The van der Waals surface area contributed by atoms with Crippen LogP contribution >= 0.6 is 23.2 Å². The summed E-state index contributed by atoms with van der Waals surface area (Å²) in [6.07, 6.45) is 6.54. The van der Waals surface area contributed by atoms with Crippen LogP contribution < -0.4 is 5.32 Å². The number of likely N-dealkylation sites (tertiary alicyclic amines) is 1. The van der Waals surface area contributed by atoms with Crippen molar-refractivity contribution >= 4 is 29.1 Å². The van der Waals surface area contributed by atoms with Crippen molar-refractivity contribution < 1.29 is 14.3 Å². The molecule has 1 aromatic rings. The first-order valence-electron chi connectivity index (χ1n) is 10.2. The fraction of sp³-hybridized carbons (Fsp3) is 0.667. The van der Waals surface area contributed by atoms with E-state index in [1.54, 1.807) is 12.1 Å². The van der Waals surface area contributed by atoms with Crippen molar-refractivity contribution in [2.45, 2.75) is 56.3 Å². The molecule has 0 atom stereocenters. The van der Waals surface area contributed by atoms with Gasteiger partial charge >= 0.3 is 0 Å². The van der Waals surface area contributed by atoms with Gasteiger partial charge in [-0.25, -0.2) is 0 Å². The van der Waals surface area contributed by atoms with Gasteiger partial charge in [-0.3, -0.25) is 9.69 Å². The minimum absolute atomic E-state index is 0.00433. The van der Waals surface area contributed by atoms with E-state index in [0.29, 0.717) is 36.2 Å². The van der Waals surface area contributed by atoms with Crippen LogP contribution in [-0.2, 0) is 20.7 Å². The molecule has 3 fully saturated rings. The zero-order valence-electron chi connectivity index (χ0n) is 16.1. The smallest absolute Gasteiger partial charge is 0.224 e. The lowest BCUT2D eigenvalue weighted by molar-refractivity contribution is -0.193. The van der Waals surface area contributed by atoms with E-state index in [1.165, 1.54) is 12.8 Å². The van der Waals surface area contributed by atoms with Gasteiger partial charge in [0.15, 0.2) is 5.79 Å². The molecule has 3 aliphatic rings. The number of ether oxygens (including phenoxy) is 2. The van der Waals surface area contributed by atoms with Crippen LogP contribution in [-0.4, -0.2) is 55.0 Å². The summed E-state index contributed by atoms with van der Waals surface area (Å²) in [5.74, 6) is -0.363. The Balaban J connectivity index is 1.38. The molecule has 1 spiro atoms. The van der Waals surface area contributed by atoms with E-state index in [2.05, 4.69) is 10.2 Å². The molecule has 1 saturated carbocycles.